The summed E-state index contributed by atoms with van der Waals surface area (Å²) in [5.74, 6) is 0.0970. The zero-order valence-corrected chi connectivity index (χ0v) is 15.9. The van der Waals surface area contributed by atoms with Crippen LogP contribution in [0.1, 0.15) is 17.0 Å². The van der Waals surface area contributed by atoms with E-state index in [0.29, 0.717) is 17.5 Å². The molecule has 140 valence electrons. The molecule has 0 aliphatic heterocycles. The minimum absolute atomic E-state index is 0.119. The fraction of sp³-hybridized carbons (Fsp3) is 0.211. The van der Waals surface area contributed by atoms with Gasteiger partial charge in [0, 0.05) is 5.69 Å². The third kappa shape index (κ3) is 4.46. The van der Waals surface area contributed by atoms with Crippen LogP contribution >= 0.6 is 11.8 Å². The van der Waals surface area contributed by atoms with Gasteiger partial charge in [-0.2, -0.15) is 0 Å². The van der Waals surface area contributed by atoms with Crippen LogP contribution in [0.25, 0.3) is 5.69 Å². The van der Waals surface area contributed by atoms with E-state index in [2.05, 4.69) is 15.5 Å². The van der Waals surface area contributed by atoms with E-state index in [1.54, 1.807) is 12.1 Å². The molecule has 0 aliphatic carbocycles. The molecular formula is C19H20FN5OS. The molecule has 3 rings (SSSR count). The largest absolute Gasteiger partial charge is 0.378 e. The zero-order valence-electron chi connectivity index (χ0n) is 15.1. The molecule has 0 spiro atoms. The summed E-state index contributed by atoms with van der Waals surface area (Å²) in [6.45, 7) is 4.46. The molecule has 0 fully saturated rings. The molecule has 3 aromatic rings. The number of aryl methyl sites for hydroxylation is 1. The Kier molecular flexibility index (Phi) is 5.75. The molecule has 3 N–H and O–H groups in total. The maximum Gasteiger partial charge on any atom is 0.227 e. The fourth-order valence-electron chi connectivity index (χ4n) is 2.61. The van der Waals surface area contributed by atoms with Gasteiger partial charge >= 0.3 is 0 Å². The van der Waals surface area contributed by atoms with Crippen LogP contribution in [-0.4, -0.2) is 26.4 Å². The molecule has 6 nitrogen and oxygen atoms in total. The predicted molar refractivity (Wildman–Crippen MR) is 104 cm³/mol. The molecule has 0 saturated heterocycles. The summed E-state index contributed by atoms with van der Waals surface area (Å²) in [6, 6.07) is 12.1. The van der Waals surface area contributed by atoms with Crippen molar-refractivity contribution in [3.63, 3.8) is 0 Å². The van der Waals surface area contributed by atoms with Gasteiger partial charge in [-0.05, 0) is 55.3 Å². The highest BCUT2D eigenvalue weighted by atomic mass is 32.2. The minimum Gasteiger partial charge on any atom is -0.378 e. The summed E-state index contributed by atoms with van der Waals surface area (Å²) >= 11 is 1.25. The van der Waals surface area contributed by atoms with Gasteiger partial charge in [0.1, 0.15) is 5.82 Å². The topological polar surface area (TPSA) is 85.8 Å². The van der Waals surface area contributed by atoms with Crippen LogP contribution in [0.4, 0.5) is 10.1 Å². The first kappa shape index (κ1) is 18.9. The van der Waals surface area contributed by atoms with Gasteiger partial charge in [0.15, 0.2) is 11.0 Å². The van der Waals surface area contributed by atoms with Crippen LogP contribution in [0.5, 0.6) is 0 Å². The van der Waals surface area contributed by atoms with Crippen LogP contribution in [-0.2, 0) is 11.3 Å². The molecule has 0 unspecified atom stereocenters. The molecule has 8 heteroatoms. The average Bonchev–Trinajstić information content (AvgIpc) is 3.04. The molecule has 0 atom stereocenters. The molecule has 0 radical (unpaired) electrons. The number of thioether (sulfide) groups is 1. The van der Waals surface area contributed by atoms with Crippen LogP contribution in [0, 0.1) is 19.7 Å². The lowest BCUT2D eigenvalue weighted by molar-refractivity contribution is -0.115. The second kappa shape index (κ2) is 8.22. The van der Waals surface area contributed by atoms with Gasteiger partial charge in [0.2, 0.25) is 5.91 Å². The normalized spacial score (nSPS) is 10.8. The molecule has 1 amide bonds. The smallest absolute Gasteiger partial charge is 0.227 e. The Bertz CT molecular complexity index is 955. The number of aromatic nitrogens is 3. The summed E-state index contributed by atoms with van der Waals surface area (Å²) in [5.41, 5.74) is 9.24. The summed E-state index contributed by atoms with van der Waals surface area (Å²) < 4.78 is 15.0. The van der Waals surface area contributed by atoms with E-state index in [1.165, 1.54) is 23.9 Å². The first-order chi connectivity index (χ1) is 13.0. The number of carbonyl (C=O) groups is 1. The van der Waals surface area contributed by atoms with E-state index >= 15 is 0 Å². The Hall–Kier alpha value is -2.87. The van der Waals surface area contributed by atoms with Crippen molar-refractivity contribution in [2.24, 2.45) is 5.73 Å². The van der Waals surface area contributed by atoms with Crippen LogP contribution in [0.15, 0.2) is 47.6 Å². The number of halogens is 1. The van der Waals surface area contributed by atoms with Crippen molar-refractivity contribution in [1.29, 1.82) is 0 Å². The summed E-state index contributed by atoms with van der Waals surface area (Å²) in [6.07, 6.45) is 0. The van der Waals surface area contributed by atoms with Gasteiger partial charge < -0.3 is 11.1 Å². The predicted octanol–water partition coefficient (Wildman–Crippen LogP) is 3.21. The van der Waals surface area contributed by atoms with Gasteiger partial charge in [-0.1, -0.05) is 23.9 Å². The number of hydrogen-bond acceptors (Lipinski definition) is 5. The number of carbonyl (C=O) groups excluding carboxylic acids is 1. The zero-order chi connectivity index (χ0) is 19.4. The number of amides is 1. The third-order valence-electron chi connectivity index (χ3n) is 4.16. The lowest BCUT2D eigenvalue weighted by atomic mass is 10.1. The lowest BCUT2D eigenvalue weighted by Gasteiger charge is -2.15. The van der Waals surface area contributed by atoms with E-state index in [-0.39, 0.29) is 11.6 Å². The fourth-order valence-corrected chi connectivity index (χ4v) is 3.32. The highest BCUT2D eigenvalue weighted by Gasteiger charge is 2.17. The van der Waals surface area contributed by atoms with E-state index < -0.39 is 5.91 Å². The Morgan fingerprint density at radius 3 is 2.63 bits per heavy atom. The number of rotatable bonds is 7. The maximum atomic E-state index is 13.1. The second-order valence-electron chi connectivity index (χ2n) is 6.07. The number of primary amides is 1. The monoisotopic (exact) mass is 385 g/mol. The maximum absolute atomic E-state index is 13.1. The highest BCUT2D eigenvalue weighted by Crippen LogP contribution is 2.26. The second-order valence-corrected chi connectivity index (χ2v) is 7.01. The van der Waals surface area contributed by atoms with Crippen molar-refractivity contribution < 1.29 is 9.18 Å². The third-order valence-corrected chi connectivity index (χ3v) is 5.11. The minimum atomic E-state index is -0.415. The highest BCUT2D eigenvalue weighted by molar-refractivity contribution is 7.99. The molecule has 2 aromatic carbocycles. The van der Waals surface area contributed by atoms with Crippen molar-refractivity contribution in [3.05, 3.63) is 65.2 Å². The first-order valence-electron chi connectivity index (χ1n) is 8.37. The van der Waals surface area contributed by atoms with Crippen LogP contribution in [0.2, 0.25) is 0 Å². The molecule has 0 saturated carbocycles. The number of nitrogens with two attached hydrogens (primary N) is 1. The lowest BCUT2D eigenvalue weighted by Crippen LogP contribution is -2.14. The molecule has 1 aromatic heterocycles. The van der Waals surface area contributed by atoms with E-state index in [0.717, 1.165) is 22.5 Å². The van der Waals surface area contributed by atoms with Gasteiger partial charge in [-0.15, -0.1) is 10.2 Å². The number of nitrogens with one attached hydrogen (secondary N) is 1. The van der Waals surface area contributed by atoms with Gasteiger partial charge in [0.25, 0.3) is 0 Å². The molecule has 27 heavy (non-hydrogen) atoms. The standard InChI is InChI=1S/C19H20FN5OS/c1-12-4-3-5-16(13(12)2)25-18(23-24-19(25)27-11-17(21)26)10-22-15-8-6-14(20)7-9-15/h3-9,22H,10-11H2,1-2H3,(H2,21,26). The number of anilines is 1. The van der Waals surface area contributed by atoms with Gasteiger partial charge in [0.05, 0.1) is 18.0 Å². The first-order valence-corrected chi connectivity index (χ1v) is 9.35. The summed E-state index contributed by atoms with van der Waals surface area (Å²) in [4.78, 5) is 11.2. The van der Waals surface area contributed by atoms with Crippen LogP contribution in [0.3, 0.4) is 0 Å². The average molecular weight is 385 g/mol. The van der Waals surface area contributed by atoms with Gasteiger partial charge in [-0.25, -0.2) is 4.39 Å². The number of benzene rings is 2. The van der Waals surface area contributed by atoms with E-state index in [4.69, 9.17) is 5.73 Å². The molecule has 0 aliphatic rings. The molecular weight excluding hydrogens is 365 g/mol. The van der Waals surface area contributed by atoms with Crippen molar-refractivity contribution in [2.75, 3.05) is 11.1 Å². The summed E-state index contributed by atoms with van der Waals surface area (Å²) in [7, 11) is 0. The van der Waals surface area contributed by atoms with E-state index in [1.807, 2.05) is 36.6 Å². The van der Waals surface area contributed by atoms with Crippen LogP contribution < -0.4 is 11.1 Å². The van der Waals surface area contributed by atoms with Crippen molar-refractivity contribution in [3.8, 4) is 5.69 Å². The van der Waals surface area contributed by atoms with E-state index in [9.17, 15) is 9.18 Å². The Balaban J connectivity index is 1.94. The number of hydrogen-bond donors (Lipinski definition) is 2. The van der Waals surface area contributed by atoms with Crippen molar-refractivity contribution in [1.82, 2.24) is 14.8 Å². The Morgan fingerprint density at radius 1 is 1.19 bits per heavy atom. The molecule has 0 bridgehead atoms. The summed E-state index contributed by atoms with van der Waals surface area (Å²) in [5, 5.41) is 12.3. The molecule has 1 heterocycles. The SMILES string of the molecule is Cc1cccc(-n2c(CNc3ccc(F)cc3)nnc2SCC(N)=O)c1C. The number of nitrogens with zero attached hydrogens (tertiary/aromatic N) is 3. The van der Waals surface area contributed by atoms with Gasteiger partial charge in [-0.3, -0.25) is 9.36 Å². The quantitative estimate of drug-likeness (QED) is 0.610. The Labute approximate surface area is 161 Å². The van der Waals surface area contributed by atoms with Crippen molar-refractivity contribution in [2.45, 2.75) is 25.5 Å². The van der Waals surface area contributed by atoms with Crippen molar-refractivity contribution >= 4 is 23.4 Å². The Morgan fingerprint density at radius 2 is 1.93 bits per heavy atom.